The van der Waals surface area contributed by atoms with Crippen LogP contribution in [0.2, 0.25) is 5.02 Å². The van der Waals surface area contributed by atoms with Crippen LogP contribution >= 0.6 is 23.4 Å². The number of benzene rings is 2. The van der Waals surface area contributed by atoms with E-state index in [1.807, 2.05) is 54.6 Å². The zero-order valence-corrected chi connectivity index (χ0v) is 14.6. The summed E-state index contributed by atoms with van der Waals surface area (Å²) in [5.41, 5.74) is 1.92. The van der Waals surface area contributed by atoms with Gasteiger partial charge in [0.2, 0.25) is 11.0 Å². The van der Waals surface area contributed by atoms with Gasteiger partial charge in [0, 0.05) is 10.6 Å². The highest BCUT2D eigenvalue weighted by Gasteiger charge is 2.09. The molecule has 0 bridgehead atoms. The van der Waals surface area contributed by atoms with Crippen LogP contribution in [0, 0.1) is 0 Å². The summed E-state index contributed by atoms with van der Waals surface area (Å²) in [6.07, 6.45) is 3.42. The van der Waals surface area contributed by atoms with Crippen LogP contribution in [0.15, 0.2) is 76.7 Å². The van der Waals surface area contributed by atoms with Crippen molar-refractivity contribution in [2.24, 2.45) is 0 Å². The lowest BCUT2D eigenvalue weighted by Gasteiger charge is -1.98. The van der Waals surface area contributed by atoms with Gasteiger partial charge in [-0.3, -0.25) is 0 Å². The first-order chi connectivity index (χ1) is 12.3. The number of hydrogen-bond acceptors (Lipinski definition) is 5. The molecule has 0 aliphatic carbocycles. The molecule has 0 saturated carbocycles. The van der Waals surface area contributed by atoms with E-state index in [9.17, 15) is 0 Å². The van der Waals surface area contributed by atoms with E-state index in [4.69, 9.17) is 16.0 Å². The highest BCUT2D eigenvalue weighted by Crippen LogP contribution is 2.25. The Balaban J connectivity index is 1.42. The molecule has 0 unspecified atom stereocenters. The van der Waals surface area contributed by atoms with Gasteiger partial charge in [0.05, 0.1) is 17.6 Å². The van der Waals surface area contributed by atoms with Crippen molar-refractivity contribution < 1.29 is 4.42 Å². The standard InChI is InChI=1S/C18H13ClN4OS/c19-14-8-6-13(7-9-14)16-10-20-17(24-16)11-25-18-21-12-23(22-18)15-4-2-1-3-5-15/h1-10,12H,11H2. The van der Waals surface area contributed by atoms with E-state index in [-0.39, 0.29) is 0 Å². The van der Waals surface area contributed by atoms with Crippen LogP contribution in [0.1, 0.15) is 5.89 Å². The Morgan fingerprint density at radius 2 is 1.80 bits per heavy atom. The molecule has 25 heavy (non-hydrogen) atoms. The molecule has 2 aromatic carbocycles. The van der Waals surface area contributed by atoms with Gasteiger partial charge in [-0.05, 0) is 36.4 Å². The van der Waals surface area contributed by atoms with Crippen molar-refractivity contribution in [2.45, 2.75) is 10.9 Å². The number of nitrogens with zero attached hydrogens (tertiary/aromatic N) is 4. The van der Waals surface area contributed by atoms with Gasteiger partial charge in [0.1, 0.15) is 6.33 Å². The Morgan fingerprint density at radius 1 is 1.00 bits per heavy atom. The molecule has 2 aromatic heterocycles. The van der Waals surface area contributed by atoms with E-state index in [1.54, 1.807) is 17.2 Å². The van der Waals surface area contributed by atoms with Crippen molar-refractivity contribution in [3.8, 4) is 17.0 Å². The van der Waals surface area contributed by atoms with E-state index < -0.39 is 0 Å². The zero-order valence-electron chi connectivity index (χ0n) is 13.0. The summed E-state index contributed by atoms with van der Waals surface area (Å²) in [6, 6.07) is 17.3. The molecule has 0 atom stereocenters. The summed E-state index contributed by atoms with van der Waals surface area (Å²) in [4.78, 5) is 8.63. The molecule has 4 rings (SSSR count). The molecule has 0 saturated heterocycles. The van der Waals surface area contributed by atoms with Crippen LogP contribution in [-0.4, -0.2) is 19.7 Å². The average molecular weight is 369 g/mol. The van der Waals surface area contributed by atoms with Gasteiger partial charge in [0.25, 0.3) is 0 Å². The van der Waals surface area contributed by atoms with Gasteiger partial charge in [-0.2, -0.15) is 0 Å². The Hall–Kier alpha value is -2.57. The molecule has 0 amide bonds. The third kappa shape index (κ3) is 3.75. The van der Waals surface area contributed by atoms with E-state index in [2.05, 4.69) is 15.1 Å². The number of aromatic nitrogens is 4. The van der Waals surface area contributed by atoms with E-state index in [0.29, 0.717) is 21.8 Å². The number of halogens is 1. The minimum absolute atomic E-state index is 0.562. The van der Waals surface area contributed by atoms with Crippen molar-refractivity contribution in [1.29, 1.82) is 0 Å². The third-order valence-electron chi connectivity index (χ3n) is 3.50. The summed E-state index contributed by atoms with van der Waals surface area (Å²) in [5.74, 6) is 1.91. The van der Waals surface area contributed by atoms with Gasteiger partial charge >= 0.3 is 0 Å². The predicted octanol–water partition coefficient (Wildman–Crippen LogP) is 4.87. The summed E-state index contributed by atoms with van der Waals surface area (Å²) in [7, 11) is 0. The Kier molecular flexibility index (Phi) is 4.54. The molecule has 124 valence electrons. The van der Waals surface area contributed by atoms with Crippen molar-refractivity contribution in [3.63, 3.8) is 0 Å². The fourth-order valence-electron chi connectivity index (χ4n) is 2.27. The fraction of sp³-hybridized carbons (Fsp3) is 0.0556. The summed E-state index contributed by atoms with van der Waals surface area (Å²) in [6.45, 7) is 0. The van der Waals surface area contributed by atoms with Gasteiger partial charge < -0.3 is 4.42 Å². The quantitative estimate of drug-likeness (QED) is 0.470. The second-order valence-electron chi connectivity index (χ2n) is 5.22. The second-order valence-corrected chi connectivity index (χ2v) is 6.60. The molecule has 2 heterocycles. The van der Waals surface area contributed by atoms with Gasteiger partial charge in [-0.25, -0.2) is 14.6 Å². The first kappa shape index (κ1) is 15.9. The summed E-state index contributed by atoms with van der Waals surface area (Å²) >= 11 is 7.38. The van der Waals surface area contributed by atoms with E-state index in [1.165, 1.54) is 11.8 Å². The predicted molar refractivity (Wildman–Crippen MR) is 97.9 cm³/mol. The summed E-state index contributed by atoms with van der Waals surface area (Å²) < 4.78 is 7.53. The van der Waals surface area contributed by atoms with E-state index in [0.717, 1.165) is 17.0 Å². The van der Waals surface area contributed by atoms with Crippen LogP contribution in [0.25, 0.3) is 17.0 Å². The van der Waals surface area contributed by atoms with Gasteiger partial charge in [0.15, 0.2) is 5.76 Å². The van der Waals surface area contributed by atoms with Crippen LogP contribution in [0.3, 0.4) is 0 Å². The zero-order chi connectivity index (χ0) is 17.1. The Morgan fingerprint density at radius 3 is 2.60 bits per heavy atom. The smallest absolute Gasteiger partial charge is 0.209 e. The maximum absolute atomic E-state index is 5.90. The average Bonchev–Trinajstić information content (AvgIpc) is 3.31. The molecular formula is C18H13ClN4OS. The van der Waals surface area contributed by atoms with Crippen molar-refractivity contribution in [2.75, 3.05) is 0 Å². The minimum atomic E-state index is 0.562. The molecular weight excluding hydrogens is 356 g/mol. The second kappa shape index (κ2) is 7.13. The molecule has 7 heteroatoms. The molecule has 0 aliphatic heterocycles. The first-order valence-electron chi connectivity index (χ1n) is 7.58. The van der Waals surface area contributed by atoms with Gasteiger partial charge in [-0.1, -0.05) is 41.6 Å². The van der Waals surface area contributed by atoms with Crippen LogP contribution in [0.4, 0.5) is 0 Å². The van der Waals surface area contributed by atoms with Crippen molar-refractivity contribution >= 4 is 23.4 Å². The summed E-state index contributed by atoms with van der Waals surface area (Å²) in [5, 5.41) is 5.82. The lowest BCUT2D eigenvalue weighted by Crippen LogP contribution is -1.93. The number of para-hydroxylation sites is 1. The Labute approximate surface area is 153 Å². The molecule has 5 nitrogen and oxygen atoms in total. The molecule has 0 aliphatic rings. The topological polar surface area (TPSA) is 56.7 Å². The van der Waals surface area contributed by atoms with Gasteiger partial charge in [-0.15, -0.1) is 5.10 Å². The molecule has 0 N–H and O–H groups in total. The highest BCUT2D eigenvalue weighted by atomic mass is 35.5. The SMILES string of the molecule is Clc1ccc(-c2cnc(CSc3ncn(-c4ccccc4)n3)o2)cc1. The molecule has 4 aromatic rings. The fourth-order valence-corrected chi connectivity index (χ4v) is 3.05. The first-order valence-corrected chi connectivity index (χ1v) is 8.95. The Bertz CT molecular complexity index is 966. The van der Waals surface area contributed by atoms with E-state index >= 15 is 0 Å². The third-order valence-corrected chi connectivity index (χ3v) is 4.59. The van der Waals surface area contributed by atoms with Crippen LogP contribution < -0.4 is 0 Å². The van der Waals surface area contributed by atoms with Crippen LogP contribution in [0.5, 0.6) is 0 Å². The number of oxazole rings is 1. The van der Waals surface area contributed by atoms with Crippen molar-refractivity contribution in [1.82, 2.24) is 19.7 Å². The van der Waals surface area contributed by atoms with Crippen LogP contribution in [-0.2, 0) is 5.75 Å². The molecule has 0 fully saturated rings. The lowest BCUT2D eigenvalue weighted by atomic mass is 10.2. The minimum Gasteiger partial charge on any atom is -0.440 e. The largest absolute Gasteiger partial charge is 0.440 e. The number of rotatable bonds is 5. The number of thioether (sulfide) groups is 1. The maximum atomic E-state index is 5.90. The highest BCUT2D eigenvalue weighted by molar-refractivity contribution is 7.98. The van der Waals surface area contributed by atoms with Crippen molar-refractivity contribution in [3.05, 3.63) is 78.0 Å². The monoisotopic (exact) mass is 368 g/mol. The number of hydrogen-bond donors (Lipinski definition) is 0. The molecule has 0 spiro atoms. The lowest BCUT2D eigenvalue weighted by molar-refractivity contribution is 0.530. The molecule has 0 radical (unpaired) electrons. The maximum Gasteiger partial charge on any atom is 0.209 e. The normalized spacial score (nSPS) is 10.9.